The van der Waals surface area contributed by atoms with Crippen molar-refractivity contribution >= 4 is 22.9 Å². The Labute approximate surface area is 138 Å². The van der Waals surface area contributed by atoms with Crippen molar-refractivity contribution in [2.75, 3.05) is 12.4 Å². The summed E-state index contributed by atoms with van der Waals surface area (Å²) < 4.78 is 5.27. The zero-order valence-corrected chi connectivity index (χ0v) is 13.6. The van der Waals surface area contributed by atoms with E-state index in [4.69, 9.17) is 4.74 Å². The van der Waals surface area contributed by atoms with Crippen LogP contribution in [0.3, 0.4) is 0 Å². The number of benzene rings is 1. The minimum absolute atomic E-state index is 0.259. The number of anilines is 1. The lowest BCUT2D eigenvalue weighted by molar-refractivity contribution is 0.102. The van der Waals surface area contributed by atoms with Gasteiger partial charge in [-0.3, -0.25) is 9.78 Å². The number of thiazole rings is 1. The molecule has 1 amide bonds. The van der Waals surface area contributed by atoms with Crippen LogP contribution in [-0.4, -0.2) is 23.0 Å². The van der Waals surface area contributed by atoms with Crippen molar-refractivity contribution in [3.8, 4) is 16.3 Å². The summed E-state index contributed by atoms with van der Waals surface area (Å²) in [4.78, 5) is 20.8. The molecule has 0 aliphatic rings. The van der Waals surface area contributed by atoms with Crippen molar-refractivity contribution in [2.24, 2.45) is 0 Å². The molecule has 0 fully saturated rings. The van der Waals surface area contributed by atoms with E-state index in [1.807, 2.05) is 37.3 Å². The minimum Gasteiger partial charge on any atom is -0.495 e. The van der Waals surface area contributed by atoms with E-state index in [9.17, 15) is 4.79 Å². The fraction of sp³-hybridized carbons (Fsp3) is 0.118. The van der Waals surface area contributed by atoms with E-state index in [-0.39, 0.29) is 5.91 Å². The predicted octanol–water partition coefficient (Wildman–Crippen LogP) is 3.77. The van der Waals surface area contributed by atoms with Crippen LogP contribution in [0.15, 0.2) is 48.1 Å². The van der Waals surface area contributed by atoms with Gasteiger partial charge < -0.3 is 10.1 Å². The van der Waals surface area contributed by atoms with Crippen LogP contribution in [0.1, 0.15) is 16.1 Å². The van der Waals surface area contributed by atoms with Gasteiger partial charge in [0.2, 0.25) is 0 Å². The van der Waals surface area contributed by atoms with Crippen molar-refractivity contribution in [3.05, 3.63) is 59.4 Å². The van der Waals surface area contributed by atoms with Gasteiger partial charge >= 0.3 is 0 Å². The third-order valence-corrected chi connectivity index (χ3v) is 4.16. The summed E-state index contributed by atoms with van der Waals surface area (Å²) in [5.74, 6) is 0.360. The maximum absolute atomic E-state index is 12.4. The third kappa shape index (κ3) is 3.37. The van der Waals surface area contributed by atoms with Crippen LogP contribution in [0.5, 0.6) is 5.75 Å². The van der Waals surface area contributed by atoms with Crippen molar-refractivity contribution in [2.45, 2.75) is 6.92 Å². The Morgan fingerprint density at radius 2 is 2.00 bits per heavy atom. The van der Waals surface area contributed by atoms with Gasteiger partial charge in [0, 0.05) is 23.3 Å². The van der Waals surface area contributed by atoms with Crippen LogP contribution in [-0.2, 0) is 0 Å². The van der Waals surface area contributed by atoms with Crippen molar-refractivity contribution in [3.63, 3.8) is 0 Å². The number of carbonyl (C=O) groups excluding carboxylic acids is 1. The number of pyridine rings is 1. The minimum atomic E-state index is -0.259. The molecule has 0 saturated carbocycles. The number of ether oxygens (including phenoxy) is 1. The molecular weight excluding hydrogens is 310 g/mol. The van der Waals surface area contributed by atoms with Gasteiger partial charge in [0.25, 0.3) is 5.91 Å². The Hall–Kier alpha value is -2.73. The Bertz CT molecular complexity index is 831. The Morgan fingerprint density at radius 1 is 1.22 bits per heavy atom. The van der Waals surface area contributed by atoms with Crippen LogP contribution in [0.25, 0.3) is 10.6 Å². The molecule has 1 N–H and O–H groups in total. The second-order valence-electron chi connectivity index (χ2n) is 4.93. The van der Waals surface area contributed by atoms with Gasteiger partial charge in [0.15, 0.2) is 0 Å². The fourth-order valence-electron chi connectivity index (χ4n) is 2.11. The van der Waals surface area contributed by atoms with Gasteiger partial charge in [0.05, 0.1) is 12.8 Å². The molecule has 0 unspecified atom stereocenters. The van der Waals surface area contributed by atoms with Gasteiger partial charge in [-0.25, -0.2) is 4.98 Å². The number of nitrogens with zero attached hydrogens (tertiary/aromatic N) is 2. The summed E-state index contributed by atoms with van der Waals surface area (Å²) in [5, 5.41) is 5.38. The molecule has 0 radical (unpaired) electrons. The van der Waals surface area contributed by atoms with E-state index in [0.29, 0.717) is 17.1 Å². The third-order valence-electron chi connectivity index (χ3n) is 3.27. The monoisotopic (exact) mass is 325 g/mol. The summed E-state index contributed by atoms with van der Waals surface area (Å²) in [6.07, 6.45) is 3.40. The first-order valence-corrected chi connectivity index (χ1v) is 7.87. The van der Waals surface area contributed by atoms with Gasteiger partial charge in [-0.05, 0) is 36.8 Å². The lowest BCUT2D eigenvalue weighted by Crippen LogP contribution is -2.13. The average Bonchev–Trinajstić information content (AvgIpc) is 3.06. The Morgan fingerprint density at radius 3 is 2.74 bits per heavy atom. The predicted molar refractivity (Wildman–Crippen MR) is 91.0 cm³/mol. The van der Waals surface area contributed by atoms with E-state index in [0.717, 1.165) is 16.1 Å². The summed E-state index contributed by atoms with van der Waals surface area (Å²) in [5.41, 5.74) is 3.00. The van der Waals surface area contributed by atoms with Crippen molar-refractivity contribution < 1.29 is 9.53 Å². The van der Waals surface area contributed by atoms with E-state index >= 15 is 0 Å². The summed E-state index contributed by atoms with van der Waals surface area (Å²) in [6.45, 7) is 1.96. The number of hydrogen-bond donors (Lipinski definition) is 1. The first-order chi connectivity index (χ1) is 11.2. The van der Waals surface area contributed by atoms with Gasteiger partial charge in [-0.2, -0.15) is 0 Å². The van der Waals surface area contributed by atoms with Crippen LogP contribution in [0.4, 0.5) is 5.69 Å². The normalized spacial score (nSPS) is 10.3. The van der Waals surface area contributed by atoms with E-state index in [2.05, 4.69) is 15.3 Å². The van der Waals surface area contributed by atoms with Gasteiger partial charge in [-0.1, -0.05) is 6.07 Å². The quantitative estimate of drug-likeness (QED) is 0.793. The average molecular weight is 325 g/mol. The molecule has 0 bridgehead atoms. The highest BCUT2D eigenvalue weighted by Crippen LogP contribution is 2.27. The van der Waals surface area contributed by atoms with Crippen molar-refractivity contribution in [1.82, 2.24) is 9.97 Å². The van der Waals surface area contributed by atoms with E-state index in [1.165, 1.54) is 11.3 Å². The SMILES string of the molecule is COc1ccc(C)cc1NC(=O)c1csc(-c2ccncc2)n1. The fourth-order valence-corrected chi connectivity index (χ4v) is 2.92. The molecule has 1 aromatic carbocycles. The summed E-state index contributed by atoms with van der Waals surface area (Å²) in [6, 6.07) is 9.36. The molecule has 6 heteroatoms. The number of amides is 1. The highest BCUT2D eigenvalue weighted by atomic mass is 32.1. The number of nitrogens with one attached hydrogen (secondary N) is 1. The maximum atomic E-state index is 12.4. The summed E-state index contributed by atoms with van der Waals surface area (Å²) >= 11 is 1.42. The molecular formula is C17H15N3O2S. The molecule has 0 spiro atoms. The summed E-state index contributed by atoms with van der Waals surface area (Å²) in [7, 11) is 1.57. The smallest absolute Gasteiger partial charge is 0.275 e. The second-order valence-corrected chi connectivity index (χ2v) is 5.79. The number of hydrogen-bond acceptors (Lipinski definition) is 5. The molecule has 5 nitrogen and oxygen atoms in total. The number of rotatable bonds is 4. The van der Waals surface area contributed by atoms with Crippen molar-refractivity contribution in [1.29, 1.82) is 0 Å². The zero-order valence-electron chi connectivity index (χ0n) is 12.7. The van der Waals surface area contributed by atoms with Crippen LogP contribution in [0.2, 0.25) is 0 Å². The maximum Gasteiger partial charge on any atom is 0.275 e. The number of aryl methyl sites for hydroxylation is 1. The number of aromatic nitrogens is 2. The molecule has 0 aliphatic heterocycles. The van der Waals surface area contributed by atoms with Crippen LogP contribution in [0, 0.1) is 6.92 Å². The molecule has 3 rings (SSSR count). The molecule has 0 saturated heterocycles. The van der Waals surface area contributed by atoms with E-state index in [1.54, 1.807) is 24.9 Å². The zero-order chi connectivity index (χ0) is 16.2. The topological polar surface area (TPSA) is 64.1 Å². The first-order valence-electron chi connectivity index (χ1n) is 6.99. The van der Waals surface area contributed by atoms with Crippen LogP contribution < -0.4 is 10.1 Å². The Kier molecular flexibility index (Phi) is 4.34. The largest absolute Gasteiger partial charge is 0.495 e. The highest BCUT2D eigenvalue weighted by molar-refractivity contribution is 7.13. The van der Waals surface area contributed by atoms with Gasteiger partial charge in [0.1, 0.15) is 16.5 Å². The molecule has 3 aromatic rings. The molecule has 116 valence electrons. The molecule has 23 heavy (non-hydrogen) atoms. The molecule has 0 atom stereocenters. The molecule has 2 heterocycles. The van der Waals surface area contributed by atoms with E-state index < -0.39 is 0 Å². The lowest BCUT2D eigenvalue weighted by Gasteiger charge is -2.10. The second kappa shape index (κ2) is 6.58. The standard InChI is InChI=1S/C17H15N3O2S/c1-11-3-4-15(22-2)13(9-11)19-16(21)14-10-23-17(20-14)12-5-7-18-8-6-12/h3-10H,1-2H3,(H,19,21). The number of methoxy groups -OCH3 is 1. The first kappa shape index (κ1) is 15.2. The van der Waals surface area contributed by atoms with Gasteiger partial charge in [-0.15, -0.1) is 11.3 Å². The Balaban J connectivity index is 1.82. The van der Waals surface area contributed by atoms with Crippen LogP contribution >= 0.6 is 11.3 Å². The molecule has 2 aromatic heterocycles. The molecule has 0 aliphatic carbocycles. The number of carbonyl (C=O) groups is 1. The lowest BCUT2D eigenvalue weighted by atomic mass is 10.2. The highest BCUT2D eigenvalue weighted by Gasteiger charge is 2.14.